The highest BCUT2D eigenvalue weighted by atomic mass is 16.2. The summed E-state index contributed by atoms with van der Waals surface area (Å²) in [5, 5.41) is 4.10. The zero-order valence-electron chi connectivity index (χ0n) is 15.7. The lowest BCUT2D eigenvalue weighted by molar-refractivity contribution is -0.139. The van der Waals surface area contributed by atoms with Gasteiger partial charge in [-0.15, -0.1) is 0 Å². The molecule has 0 bridgehead atoms. The Balaban J connectivity index is 1.52. The number of aryl methyl sites for hydroxylation is 2. The van der Waals surface area contributed by atoms with Gasteiger partial charge in [0.2, 0.25) is 11.8 Å². The molecule has 1 fully saturated rings. The molecule has 1 aromatic heterocycles. The molecule has 0 saturated carbocycles. The monoisotopic (exact) mass is 368 g/mol. The van der Waals surface area contributed by atoms with Crippen LogP contribution in [0.5, 0.6) is 0 Å². The van der Waals surface area contributed by atoms with Crippen molar-refractivity contribution in [1.29, 1.82) is 0 Å². The number of rotatable bonds is 4. The van der Waals surface area contributed by atoms with Crippen LogP contribution in [0.15, 0.2) is 41.2 Å². The molecule has 2 amide bonds. The van der Waals surface area contributed by atoms with E-state index < -0.39 is 0 Å². The maximum absolute atomic E-state index is 12.5. The van der Waals surface area contributed by atoms with Crippen molar-refractivity contribution < 1.29 is 9.59 Å². The fourth-order valence-electron chi connectivity index (χ4n) is 3.09. The first-order chi connectivity index (χ1) is 12.9. The Hall–Kier alpha value is -2.96. The molecule has 0 spiro atoms. The number of benzene rings is 1. The molecule has 142 valence electrons. The van der Waals surface area contributed by atoms with Crippen LogP contribution in [0.1, 0.15) is 16.8 Å². The third-order valence-electron chi connectivity index (χ3n) is 4.75. The highest BCUT2D eigenvalue weighted by Gasteiger charge is 2.24. The number of aromatic nitrogens is 2. The van der Waals surface area contributed by atoms with Gasteiger partial charge in [-0.2, -0.15) is 5.10 Å². The van der Waals surface area contributed by atoms with Gasteiger partial charge in [-0.25, -0.2) is 4.68 Å². The number of carbonyl (C=O) groups is 2. The third-order valence-corrected chi connectivity index (χ3v) is 4.75. The van der Waals surface area contributed by atoms with E-state index in [-0.39, 0.29) is 23.9 Å². The van der Waals surface area contributed by atoms with Crippen LogP contribution in [0.3, 0.4) is 0 Å². The summed E-state index contributed by atoms with van der Waals surface area (Å²) in [5.74, 6) is -0.0802. The van der Waals surface area contributed by atoms with Gasteiger partial charge in [-0.05, 0) is 25.5 Å². The fraction of sp³-hybridized carbons (Fsp3) is 0.400. The molecular weight excluding hydrogens is 344 g/mol. The van der Waals surface area contributed by atoms with E-state index in [1.165, 1.54) is 16.3 Å². The zero-order valence-corrected chi connectivity index (χ0v) is 15.7. The maximum Gasteiger partial charge on any atom is 0.267 e. The molecule has 1 aliphatic heterocycles. The van der Waals surface area contributed by atoms with Crippen LogP contribution >= 0.6 is 0 Å². The molecule has 1 aliphatic rings. The first-order valence-electron chi connectivity index (χ1n) is 9.08. The summed E-state index contributed by atoms with van der Waals surface area (Å²) < 4.78 is 1.19. The predicted molar refractivity (Wildman–Crippen MR) is 101 cm³/mol. The third kappa shape index (κ3) is 4.81. The van der Waals surface area contributed by atoms with E-state index in [2.05, 4.69) is 5.10 Å². The SMILES string of the molecule is Cc1ccc(CC(=O)N2CCN(C(=O)Cn3nc(C)ccc3=O)CC2)cc1. The van der Waals surface area contributed by atoms with Crippen molar-refractivity contribution in [1.82, 2.24) is 19.6 Å². The molecule has 1 saturated heterocycles. The average molecular weight is 368 g/mol. The van der Waals surface area contributed by atoms with Crippen LogP contribution in [0.4, 0.5) is 0 Å². The fourth-order valence-corrected chi connectivity index (χ4v) is 3.09. The van der Waals surface area contributed by atoms with Crippen molar-refractivity contribution in [2.75, 3.05) is 26.2 Å². The lowest BCUT2D eigenvalue weighted by atomic mass is 10.1. The van der Waals surface area contributed by atoms with E-state index in [1.807, 2.05) is 31.2 Å². The Bertz CT molecular complexity index is 881. The summed E-state index contributed by atoms with van der Waals surface area (Å²) in [4.78, 5) is 40.2. The number of hydrogen-bond acceptors (Lipinski definition) is 4. The van der Waals surface area contributed by atoms with Gasteiger partial charge in [-0.3, -0.25) is 14.4 Å². The second kappa shape index (κ2) is 8.16. The van der Waals surface area contributed by atoms with Crippen molar-refractivity contribution in [2.45, 2.75) is 26.8 Å². The smallest absolute Gasteiger partial charge is 0.267 e. The van der Waals surface area contributed by atoms with Crippen molar-refractivity contribution in [3.05, 3.63) is 63.6 Å². The van der Waals surface area contributed by atoms with Gasteiger partial charge in [0.15, 0.2) is 0 Å². The Kier molecular flexibility index (Phi) is 5.69. The van der Waals surface area contributed by atoms with Gasteiger partial charge in [0.25, 0.3) is 5.56 Å². The molecule has 0 N–H and O–H groups in total. The van der Waals surface area contributed by atoms with Crippen LogP contribution in [0.2, 0.25) is 0 Å². The minimum atomic E-state index is -0.291. The molecule has 0 unspecified atom stereocenters. The van der Waals surface area contributed by atoms with Crippen molar-refractivity contribution in [3.8, 4) is 0 Å². The van der Waals surface area contributed by atoms with E-state index in [4.69, 9.17) is 0 Å². The van der Waals surface area contributed by atoms with Crippen molar-refractivity contribution >= 4 is 11.8 Å². The van der Waals surface area contributed by atoms with Gasteiger partial charge in [-0.1, -0.05) is 29.8 Å². The van der Waals surface area contributed by atoms with E-state index >= 15 is 0 Å². The zero-order chi connectivity index (χ0) is 19.4. The molecule has 27 heavy (non-hydrogen) atoms. The molecule has 7 heteroatoms. The van der Waals surface area contributed by atoms with Gasteiger partial charge in [0, 0.05) is 32.2 Å². The van der Waals surface area contributed by atoms with Crippen LogP contribution in [0.25, 0.3) is 0 Å². The highest BCUT2D eigenvalue weighted by Crippen LogP contribution is 2.09. The normalized spacial score (nSPS) is 14.3. The minimum absolute atomic E-state index is 0.0716. The summed E-state index contributed by atoms with van der Waals surface area (Å²) in [7, 11) is 0. The Morgan fingerprint density at radius 3 is 2.11 bits per heavy atom. The summed E-state index contributed by atoms with van der Waals surface area (Å²) in [6, 6.07) is 11.0. The van der Waals surface area contributed by atoms with Crippen molar-refractivity contribution in [3.63, 3.8) is 0 Å². The number of carbonyl (C=O) groups excluding carboxylic acids is 2. The van der Waals surface area contributed by atoms with Gasteiger partial charge in [0.05, 0.1) is 12.1 Å². The lowest BCUT2D eigenvalue weighted by Crippen LogP contribution is -2.52. The largest absolute Gasteiger partial charge is 0.339 e. The minimum Gasteiger partial charge on any atom is -0.339 e. The summed E-state index contributed by atoms with van der Waals surface area (Å²) >= 11 is 0. The van der Waals surface area contributed by atoms with Crippen molar-refractivity contribution in [2.24, 2.45) is 0 Å². The molecule has 2 heterocycles. The van der Waals surface area contributed by atoms with Gasteiger partial charge in [0.1, 0.15) is 6.54 Å². The summed E-state index contributed by atoms with van der Waals surface area (Å²) in [6.45, 7) is 5.68. The predicted octanol–water partition coefficient (Wildman–Crippen LogP) is 0.774. The number of piperazine rings is 1. The molecule has 3 rings (SSSR count). The Labute approximate surface area is 158 Å². The van der Waals surface area contributed by atoms with Crippen LogP contribution in [0, 0.1) is 13.8 Å². The molecular formula is C20H24N4O3. The standard InChI is InChI=1S/C20H24N4O3/c1-15-3-6-17(7-4-15)13-19(26)22-9-11-23(12-10-22)20(27)14-24-18(25)8-5-16(2)21-24/h3-8H,9-14H2,1-2H3. The van der Waals surface area contributed by atoms with Crippen LogP contribution in [-0.2, 0) is 22.6 Å². The maximum atomic E-state index is 12.5. The molecule has 0 aliphatic carbocycles. The average Bonchev–Trinajstić information content (AvgIpc) is 2.66. The van der Waals surface area contributed by atoms with Crippen LogP contribution in [-0.4, -0.2) is 57.6 Å². The first-order valence-corrected chi connectivity index (χ1v) is 9.08. The molecule has 0 atom stereocenters. The second-order valence-electron chi connectivity index (χ2n) is 6.89. The Morgan fingerprint density at radius 1 is 0.889 bits per heavy atom. The number of amides is 2. The first kappa shape index (κ1) is 18.8. The molecule has 7 nitrogen and oxygen atoms in total. The van der Waals surface area contributed by atoms with Crippen LogP contribution < -0.4 is 5.56 Å². The highest BCUT2D eigenvalue weighted by molar-refractivity contribution is 5.80. The lowest BCUT2D eigenvalue weighted by Gasteiger charge is -2.35. The summed E-state index contributed by atoms with van der Waals surface area (Å²) in [5.41, 5.74) is 2.56. The topological polar surface area (TPSA) is 75.5 Å². The van der Waals surface area contributed by atoms with E-state index in [1.54, 1.807) is 22.8 Å². The van der Waals surface area contributed by atoms with E-state index in [9.17, 15) is 14.4 Å². The number of nitrogens with zero attached hydrogens (tertiary/aromatic N) is 4. The molecule has 0 radical (unpaired) electrons. The Morgan fingerprint density at radius 2 is 1.48 bits per heavy atom. The van der Waals surface area contributed by atoms with Gasteiger partial charge < -0.3 is 9.80 Å². The second-order valence-corrected chi connectivity index (χ2v) is 6.89. The quantitative estimate of drug-likeness (QED) is 0.799. The summed E-state index contributed by atoms with van der Waals surface area (Å²) in [6.07, 6.45) is 0.372. The molecule has 2 aromatic rings. The van der Waals surface area contributed by atoms with E-state index in [0.29, 0.717) is 38.3 Å². The van der Waals surface area contributed by atoms with Gasteiger partial charge >= 0.3 is 0 Å². The molecule has 1 aromatic carbocycles. The number of hydrogen-bond donors (Lipinski definition) is 0. The van der Waals surface area contributed by atoms with E-state index in [0.717, 1.165) is 5.56 Å².